The summed E-state index contributed by atoms with van der Waals surface area (Å²) in [4.78, 5) is 18.0. The van der Waals surface area contributed by atoms with Crippen LogP contribution in [-0.4, -0.2) is 9.55 Å². The summed E-state index contributed by atoms with van der Waals surface area (Å²) < 4.78 is 3.58. The van der Waals surface area contributed by atoms with Crippen molar-refractivity contribution in [1.29, 1.82) is 0 Å². The minimum absolute atomic E-state index is 0.0957. The van der Waals surface area contributed by atoms with Crippen LogP contribution < -0.4 is 5.56 Å². The van der Waals surface area contributed by atoms with Gasteiger partial charge in [-0.1, -0.05) is 45.7 Å². The van der Waals surface area contributed by atoms with E-state index in [1.54, 1.807) is 4.57 Å². The second kappa shape index (κ2) is 8.19. The third-order valence-electron chi connectivity index (χ3n) is 4.24. The molecule has 1 aromatic heterocycles. The van der Waals surface area contributed by atoms with Gasteiger partial charge < -0.3 is 0 Å². The molecule has 0 N–H and O–H groups in total. The molecule has 138 valence electrons. The van der Waals surface area contributed by atoms with E-state index in [1.165, 1.54) is 0 Å². The Bertz CT molecular complexity index is 1250. The second-order valence-electron chi connectivity index (χ2n) is 6.13. The lowest BCUT2D eigenvalue weighted by atomic mass is 10.2. The molecule has 0 saturated carbocycles. The summed E-state index contributed by atoms with van der Waals surface area (Å²) in [5.41, 5.74) is 2.32. The molecule has 6 heteroatoms. The summed E-state index contributed by atoms with van der Waals surface area (Å²) in [5.74, 6) is 0.566. The van der Waals surface area contributed by atoms with Gasteiger partial charge in [-0.15, -0.1) is 0 Å². The highest BCUT2D eigenvalue weighted by Crippen LogP contribution is 2.19. The average molecular weight is 564 g/mol. The molecule has 0 unspecified atom stereocenters. The van der Waals surface area contributed by atoms with Crippen LogP contribution in [0.4, 0.5) is 0 Å². The first-order valence-electron chi connectivity index (χ1n) is 8.43. The van der Waals surface area contributed by atoms with E-state index >= 15 is 0 Å². The van der Waals surface area contributed by atoms with Gasteiger partial charge in [0.25, 0.3) is 5.56 Å². The van der Waals surface area contributed by atoms with Crippen molar-refractivity contribution in [3.05, 3.63) is 102 Å². The molecule has 0 aliphatic heterocycles. The first-order chi connectivity index (χ1) is 13.5. The number of aromatic nitrogens is 2. The van der Waals surface area contributed by atoms with Crippen molar-refractivity contribution < 1.29 is 0 Å². The fraction of sp³-hybridized carbons (Fsp3) is 0. The first-order valence-corrected chi connectivity index (χ1v) is 10.7. The maximum atomic E-state index is 13.3. The van der Waals surface area contributed by atoms with Gasteiger partial charge in [-0.2, -0.15) is 0 Å². The molecule has 0 saturated heterocycles. The SMILES string of the molecule is O=c1c2cc(I)ccc2nc(C=Cc2ccc(Cl)cc2)n1-c1ccc(Br)cc1. The maximum absolute atomic E-state index is 13.3. The topological polar surface area (TPSA) is 34.9 Å². The minimum atomic E-state index is -0.0957. The third-order valence-corrected chi connectivity index (χ3v) is 5.69. The van der Waals surface area contributed by atoms with Crippen LogP contribution >= 0.6 is 50.1 Å². The van der Waals surface area contributed by atoms with Gasteiger partial charge in [0.2, 0.25) is 0 Å². The van der Waals surface area contributed by atoms with Gasteiger partial charge in [-0.25, -0.2) is 4.98 Å². The van der Waals surface area contributed by atoms with Gasteiger partial charge in [0.05, 0.1) is 16.6 Å². The van der Waals surface area contributed by atoms with E-state index in [0.29, 0.717) is 21.7 Å². The van der Waals surface area contributed by atoms with Crippen molar-refractivity contribution in [2.45, 2.75) is 0 Å². The molecule has 0 spiro atoms. The van der Waals surface area contributed by atoms with Crippen LogP contribution in [-0.2, 0) is 0 Å². The number of halogens is 3. The van der Waals surface area contributed by atoms with Crippen molar-refractivity contribution >= 4 is 73.2 Å². The van der Waals surface area contributed by atoms with Crippen LogP contribution in [0.15, 0.2) is 76.0 Å². The quantitative estimate of drug-likeness (QED) is 0.264. The van der Waals surface area contributed by atoms with E-state index in [2.05, 4.69) is 38.5 Å². The predicted molar refractivity (Wildman–Crippen MR) is 128 cm³/mol. The van der Waals surface area contributed by atoms with Crippen LogP contribution in [0, 0.1) is 3.57 Å². The second-order valence-corrected chi connectivity index (χ2v) is 8.73. The van der Waals surface area contributed by atoms with Gasteiger partial charge in [0.15, 0.2) is 0 Å². The van der Waals surface area contributed by atoms with Crippen molar-refractivity contribution in [3.8, 4) is 5.69 Å². The van der Waals surface area contributed by atoms with Gasteiger partial charge in [-0.05, 0) is 88.8 Å². The summed E-state index contributed by atoms with van der Waals surface area (Å²) in [6.45, 7) is 0. The molecule has 0 aliphatic carbocycles. The molecular weight excluding hydrogens is 551 g/mol. The number of hydrogen-bond acceptors (Lipinski definition) is 2. The molecule has 0 amide bonds. The van der Waals surface area contributed by atoms with Crippen LogP contribution in [0.5, 0.6) is 0 Å². The number of hydrogen-bond donors (Lipinski definition) is 0. The smallest absolute Gasteiger partial charge is 0.266 e. The molecule has 0 bridgehead atoms. The van der Waals surface area contributed by atoms with Crippen molar-refractivity contribution in [1.82, 2.24) is 9.55 Å². The lowest BCUT2D eigenvalue weighted by molar-refractivity contribution is 0.943. The molecule has 3 nitrogen and oxygen atoms in total. The lowest BCUT2D eigenvalue weighted by Crippen LogP contribution is -2.22. The van der Waals surface area contributed by atoms with Crippen LogP contribution in [0.25, 0.3) is 28.7 Å². The molecule has 4 rings (SSSR count). The van der Waals surface area contributed by atoms with E-state index in [0.717, 1.165) is 19.3 Å². The Hall–Kier alpha value is -1.96. The standard InChI is InChI=1S/C22H13BrClIN2O/c23-15-4-9-18(10-5-15)27-21(12-3-14-1-6-16(24)7-2-14)26-20-11-8-17(25)13-19(20)22(27)28/h1-13H. The van der Waals surface area contributed by atoms with Crippen LogP contribution in [0.2, 0.25) is 5.02 Å². The Morgan fingerprint density at radius 1 is 0.964 bits per heavy atom. The summed E-state index contributed by atoms with van der Waals surface area (Å²) in [6.07, 6.45) is 3.77. The van der Waals surface area contributed by atoms with Crippen LogP contribution in [0.1, 0.15) is 11.4 Å². The largest absolute Gasteiger partial charge is 0.268 e. The molecule has 1 heterocycles. The zero-order valence-corrected chi connectivity index (χ0v) is 18.9. The highest BCUT2D eigenvalue weighted by atomic mass is 127. The number of rotatable bonds is 3. The number of nitrogens with zero attached hydrogens (tertiary/aromatic N) is 2. The molecule has 0 aliphatic rings. The summed E-state index contributed by atoms with van der Waals surface area (Å²) in [5, 5.41) is 1.28. The highest BCUT2D eigenvalue weighted by molar-refractivity contribution is 14.1. The first kappa shape index (κ1) is 19.4. The Balaban J connectivity index is 1.93. The fourth-order valence-corrected chi connectivity index (χ4v) is 3.75. The van der Waals surface area contributed by atoms with E-state index < -0.39 is 0 Å². The average Bonchev–Trinajstić information content (AvgIpc) is 2.69. The number of fused-ring (bicyclic) bond motifs is 1. The summed E-state index contributed by atoms with van der Waals surface area (Å²) >= 11 is 11.6. The zero-order chi connectivity index (χ0) is 19.7. The normalized spacial score (nSPS) is 11.4. The van der Waals surface area contributed by atoms with Crippen LogP contribution in [0.3, 0.4) is 0 Å². The molecule has 4 aromatic rings. The Labute approximate surface area is 189 Å². The Morgan fingerprint density at radius 2 is 1.68 bits per heavy atom. The Kier molecular flexibility index (Phi) is 5.66. The molecular formula is C22H13BrClIN2O. The molecule has 3 aromatic carbocycles. The lowest BCUT2D eigenvalue weighted by Gasteiger charge is -2.12. The van der Waals surface area contributed by atoms with E-state index in [9.17, 15) is 4.79 Å². The van der Waals surface area contributed by atoms with Gasteiger partial charge in [0, 0.05) is 13.1 Å². The zero-order valence-electron chi connectivity index (χ0n) is 14.4. The minimum Gasteiger partial charge on any atom is -0.268 e. The summed E-state index contributed by atoms with van der Waals surface area (Å²) in [7, 11) is 0. The van der Waals surface area contributed by atoms with E-state index in [4.69, 9.17) is 16.6 Å². The number of benzene rings is 3. The molecule has 0 fully saturated rings. The predicted octanol–water partition coefficient (Wildman–Crippen LogP) is 6.58. The molecule has 0 radical (unpaired) electrons. The van der Waals surface area contributed by atoms with Gasteiger partial charge in [0.1, 0.15) is 5.82 Å². The molecule has 0 atom stereocenters. The monoisotopic (exact) mass is 562 g/mol. The van der Waals surface area contributed by atoms with Gasteiger partial charge in [-0.3, -0.25) is 9.36 Å². The van der Waals surface area contributed by atoms with Crippen molar-refractivity contribution in [2.75, 3.05) is 0 Å². The highest BCUT2D eigenvalue weighted by Gasteiger charge is 2.11. The van der Waals surface area contributed by atoms with E-state index in [1.807, 2.05) is 78.9 Å². The molecule has 28 heavy (non-hydrogen) atoms. The van der Waals surface area contributed by atoms with Crippen molar-refractivity contribution in [3.63, 3.8) is 0 Å². The Morgan fingerprint density at radius 3 is 2.39 bits per heavy atom. The van der Waals surface area contributed by atoms with Gasteiger partial charge >= 0.3 is 0 Å². The van der Waals surface area contributed by atoms with E-state index in [-0.39, 0.29) is 5.56 Å². The fourth-order valence-electron chi connectivity index (χ4n) is 2.87. The maximum Gasteiger partial charge on any atom is 0.266 e. The third kappa shape index (κ3) is 4.06. The summed E-state index contributed by atoms with van der Waals surface area (Å²) in [6, 6.07) is 20.8. The van der Waals surface area contributed by atoms with Crippen molar-refractivity contribution in [2.24, 2.45) is 0 Å².